The lowest BCUT2D eigenvalue weighted by atomic mass is 10.1. The molecule has 6 heteroatoms. The number of halogens is 2. The first-order chi connectivity index (χ1) is 6.83. The van der Waals surface area contributed by atoms with E-state index >= 15 is 0 Å². The molecule has 2 N–H and O–H groups in total. The van der Waals surface area contributed by atoms with E-state index < -0.39 is 21.7 Å². The van der Waals surface area contributed by atoms with Crippen molar-refractivity contribution in [3.8, 4) is 0 Å². The molecule has 0 aromatic heterocycles. The van der Waals surface area contributed by atoms with Crippen LogP contribution >= 0.6 is 0 Å². The first kappa shape index (κ1) is 12.1. The van der Waals surface area contributed by atoms with Gasteiger partial charge in [0.2, 0.25) is 0 Å². The first-order valence-corrected chi connectivity index (χ1v) is 5.82. The number of hydrogen-bond acceptors (Lipinski definition) is 2. The number of rotatable bonds is 4. The predicted octanol–water partition coefficient (Wildman–Crippen LogP) is 1.50. The normalized spacial score (nSPS) is 12.7. The van der Waals surface area contributed by atoms with Crippen molar-refractivity contribution >= 4 is 10.0 Å². The summed E-state index contributed by atoms with van der Waals surface area (Å²) in [6.45, 7) is 0. The Labute approximate surface area is 87.0 Å². The van der Waals surface area contributed by atoms with Gasteiger partial charge in [-0.05, 0) is 12.0 Å². The van der Waals surface area contributed by atoms with E-state index in [2.05, 4.69) is 5.14 Å². The minimum absolute atomic E-state index is 0.0235. The fourth-order valence-corrected chi connectivity index (χ4v) is 1.46. The van der Waals surface area contributed by atoms with Crippen molar-refractivity contribution in [3.05, 3.63) is 35.9 Å². The third-order valence-electron chi connectivity index (χ3n) is 1.96. The topological polar surface area (TPSA) is 60.2 Å². The van der Waals surface area contributed by atoms with Gasteiger partial charge >= 0.3 is 5.25 Å². The summed E-state index contributed by atoms with van der Waals surface area (Å²) in [6.07, 6.45) is -0.819. The molecule has 0 fully saturated rings. The molecule has 0 spiro atoms. The van der Waals surface area contributed by atoms with Crippen LogP contribution in [0.1, 0.15) is 12.0 Å². The molecule has 0 saturated heterocycles. The van der Waals surface area contributed by atoms with Gasteiger partial charge in [-0.15, -0.1) is 0 Å². The van der Waals surface area contributed by atoms with Gasteiger partial charge in [-0.25, -0.2) is 13.6 Å². The highest BCUT2D eigenvalue weighted by atomic mass is 32.2. The summed E-state index contributed by atoms with van der Waals surface area (Å²) in [5.41, 5.74) is 0.654. The fraction of sp³-hybridized carbons (Fsp3) is 0.333. The SMILES string of the molecule is NS(=O)(=O)C(F)(F)CCc1ccccc1. The van der Waals surface area contributed by atoms with Gasteiger partial charge in [0.25, 0.3) is 10.0 Å². The molecule has 0 bridgehead atoms. The molecule has 84 valence electrons. The molecule has 0 saturated carbocycles. The van der Waals surface area contributed by atoms with Gasteiger partial charge in [0.05, 0.1) is 0 Å². The second-order valence-electron chi connectivity index (χ2n) is 3.17. The standard InChI is InChI=1S/C9H11F2NO2S/c10-9(11,15(12,13)14)7-6-8-4-2-1-3-5-8/h1-5H,6-7H2,(H2,12,13,14). The molecule has 1 aromatic carbocycles. The van der Waals surface area contributed by atoms with Gasteiger partial charge in [0, 0.05) is 6.42 Å². The number of benzene rings is 1. The zero-order chi connectivity index (χ0) is 11.5. The summed E-state index contributed by atoms with van der Waals surface area (Å²) < 4.78 is 46.8. The Morgan fingerprint density at radius 1 is 1.20 bits per heavy atom. The Bertz CT molecular complexity index is 417. The second-order valence-corrected chi connectivity index (χ2v) is 4.86. The Hall–Kier alpha value is -1.01. The first-order valence-electron chi connectivity index (χ1n) is 4.27. The lowest BCUT2D eigenvalue weighted by Crippen LogP contribution is -2.35. The average molecular weight is 235 g/mol. The monoisotopic (exact) mass is 235 g/mol. The highest BCUT2D eigenvalue weighted by molar-refractivity contribution is 7.90. The Morgan fingerprint density at radius 2 is 1.73 bits per heavy atom. The Morgan fingerprint density at radius 3 is 2.20 bits per heavy atom. The van der Waals surface area contributed by atoms with Crippen molar-refractivity contribution in [1.82, 2.24) is 0 Å². The van der Waals surface area contributed by atoms with E-state index in [1.54, 1.807) is 30.3 Å². The van der Waals surface area contributed by atoms with Crippen molar-refractivity contribution in [3.63, 3.8) is 0 Å². The number of primary sulfonamides is 1. The average Bonchev–Trinajstić information content (AvgIpc) is 2.15. The van der Waals surface area contributed by atoms with E-state index in [9.17, 15) is 17.2 Å². The molecule has 0 amide bonds. The number of alkyl halides is 2. The molecule has 0 aliphatic carbocycles. The van der Waals surface area contributed by atoms with Crippen LogP contribution in [0.5, 0.6) is 0 Å². The molecule has 3 nitrogen and oxygen atoms in total. The quantitative estimate of drug-likeness (QED) is 0.859. The fourth-order valence-electron chi connectivity index (χ4n) is 1.08. The van der Waals surface area contributed by atoms with Crippen LogP contribution in [0.2, 0.25) is 0 Å². The Kier molecular flexibility index (Phi) is 3.41. The van der Waals surface area contributed by atoms with E-state index in [1.165, 1.54) is 0 Å². The van der Waals surface area contributed by atoms with Gasteiger partial charge < -0.3 is 0 Å². The van der Waals surface area contributed by atoms with Gasteiger partial charge in [0.1, 0.15) is 0 Å². The minimum atomic E-state index is -4.81. The smallest absolute Gasteiger partial charge is 0.223 e. The summed E-state index contributed by atoms with van der Waals surface area (Å²) in [4.78, 5) is 0. The van der Waals surface area contributed by atoms with Crippen LogP contribution < -0.4 is 5.14 Å². The maximum absolute atomic E-state index is 12.9. The molecule has 0 atom stereocenters. The Balaban J connectivity index is 2.66. The van der Waals surface area contributed by atoms with Crippen LogP contribution in [-0.2, 0) is 16.4 Å². The molecule has 0 heterocycles. The predicted molar refractivity (Wildman–Crippen MR) is 52.8 cm³/mol. The highest BCUT2D eigenvalue weighted by Gasteiger charge is 2.41. The van der Waals surface area contributed by atoms with Gasteiger partial charge in [-0.2, -0.15) is 8.78 Å². The molecule has 0 radical (unpaired) electrons. The van der Waals surface area contributed by atoms with E-state index in [0.717, 1.165) is 0 Å². The van der Waals surface area contributed by atoms with Crippen molar-refractivity contribution in [1.29, 1.82) is 0 Å². The molecule has 0 aliphatic heterocycles. The summed E-state index contributed by atoms with van der Waals surface area (Å²) in [5, 5.41) is 0.541. The zero-order valence-electron chi connectivity index (χ0n) is 7.86. The van der Waals surface area contributed by atoms with E-state index in [4.69, 9.17) is 0 Å². The molecular formula is C9H11F2NO2S. The molecule has 1 rings (SSSR count). The van der Waals surface area contributed by atoms with Crippen LogP contribution in [0.4, 0.5) is 8.78 Å². The molecule has 15 heavy (non-hydrogen) atoms. The lowest BCUT2D eigenvalue weighted by Gasteiger charge is -2.13. The number of aryl methyl sites for hydroxylation is 1. The van der Waals surface area contributed by atoms with Crippen LogP contribution in [0, 0.1) is 0 Å². The van der Waals surface area contributed by atoms with Gasteiger partial charge in [-0.1, -0.05) is 30.3 Å². The van der Waals surface area contributed by atoms with Crippen LogP contribution in [0.3, 0.4) is 0 Å². The third-order valence-corrected chi connectivity index (χ3v) is 3.00. The molecule has 1 aromatic rings. The van der Waals surface area contributed by atoms with Crippen molar-refractivity contribution in [2.24, 2.45) is 5.14 Å². The van der Waals surface area contributed by atoms with E-state index in [0.29, 0.717) is 5.56 Å². The van der Waals surface area contributed by atoms with Gasteiger partial charge in [0.15, 0.2) is 0 Å². The highest BCUT2D eigenvalue weighted by Crippen LogP contribution is 2.25. The number of sulfonamides is 1. The summed E-state index contributed by atoms with van der Waals surface area (Å²) in [5.74, 6) is 0. The summed E-state index contributed by atoms with van der Waals surface area (Å²) >= 11 is 0. The minimum Gasteiger partial charge on any atom is -0.223 e. The molecular weight excluding hydrogens is 224 g/mol. The second kappa shape index (κ2) is 4.24. The maximum atomic E-state index is 12.9. The number of hydrogen-bond donors (Lipinski definition) is 1. The number of nitrogens with two attached hydrogens (primary N) is 1. The van der Waals surface area contributed by atoms with Crippen molar-refractivity contribution < 1.29 is 17.2 Å². The van der Waals surface area contributed by atoms with Crippen LogP contribution in [-0.4, -0.2) is 13.7 Å². The zero-order valence-corrected chi connectivity index (χ0v) is 8.68. The van der Waals surface area contributed by atoms with E-state index in [1.807, 2.05) is 0 Å². The third kappa shape index (κ3) is 3.24. The van der Waals surface area contributed by atoms with E-state index in [-0.39, 0.29) is 6.42 Å². The molecule has 0 aliphatic rings. The lowest BCUT2D eigenvalue weighted by molar-refractivity contribution is 0.0824. The van der Waals surface area contributed by atoms with Crippen molar-refractivity contribution in [2.45, 2.75) is 18.1 Å². The van der Waals surface area contributed by atoms with Gasteiger partial charge in [-0.3, -0.25) is 0 Å². The summed E-state index contributed by atoms with van der Waals surface area (Å²) in [7, 11) is -4.81. The van der Waals surface area contributed by atoms with Crippen LogP contribution in [0.15, 0.2) is 30.3 Å². The van der Waals surface area contributed by atoms with Crippen LogP contribution in [0.25, 0.3) is 0 Å². The largest absolute Gasteiger partial charge is 0.359 e. The van der Waals surface area contributed by atoms with Crippen molar-refractivity contribution in [2.75, 3.05) is 0 Å². The molecule has 0 unspecified atom stereocenters. The maximum Gasteiger partial charge on any atom is 0.359 e. The summed E-state index contributed by atoms with van der Waals surface area (Å²) in [6, 6.07) is 8.45.